The van der Waals surface area contributed by atoms with Gasteiger partial charge < -0.3 is 10.5 Å². The molecule has 0 unspecified atom stereocenters. The third kappa shape index (κ3) is 2.82. The summed E-state index contributed by atoms with van der Waals surface area (Å²) in [5, 5.41) is 4.00. The minimum atomic E-state index is -0.285. The van der Waals surface area contributed by atoms with Gasteiger partial charge >= 0.3 is 0 Å². The molecule has 17 heavy (non-hydrogen) atoms. The van der Waals surface area contributed by atoms with Crippen LogP contribution in [0.25, 0.3) is 0 Å². The number of hydrogen-bond acceptors (Lipinski definition) is 3. The molecule has 0 aliphatic rings. The van der Waals surface area contributed by atoms with Gasteiger partial charge in [0, 0.05) is 7.05 Å². The highest BCUT2D eigenvalue weighted by atomic mass is 19.1. The standard InChI is InChI=1S/C12H14FN3O/c1-16-8-11(7-15-16)17-12-3-2-10(13)6-9(12)4-5-14/h2-3,6-8H,4-5,14H2,1H3. The van der Waals surface area contributed by atoms with Crippen LogP contribution in [0.2, 0.25) is 0 Å². The molecule has 0 amide bonds. The van der Waals surface area contributed by atoms with E-state index in [9.17, 15) is 4.39 Å². The van der Waals surface area contributed by atoms with Crippen molar-refractivity contribution >= 4 is 0 Å². The lowest BCUT2D eigenvalue weighted by Crippen LogP contribution is -2.04. The number of hydrogen-bond donors (Lipinski definition) is 1. The maximum atomic E-state index is 13.1. The predicted molar refractivity (Wildman–Crippen MR) is 62.4 cm³/mol. The number of benzene rings is 1. The molecule has 2 rings (SSSR count). The molecule has 0 fully saturated rings. The molecule has 2 aromatic rings. The Morgan fingerprint density at radius 3 is 2.94 bits per heavy atom. The zero-order valence-electron chi connectivity index (χ0n) is 9.56. The molecule has 90 valence electrons. The molecule has 5 heteroatoms. The molecule has 0 atom stereocenters. The average Bonchev–Trinajstić information content (AvgIpc) is 2.69. The first-order valence-electron chi connectivity index (χ1n) is 5.34. The average molecular weight is 235 g/mol. The van der Waals surface area contributed by atoms with Crippen LogP contribution in [0.5, 0.6) is 11.5 Å². The number of ether oxygens (including phenoxy) is 1. The van der Waals surface area contributed by atoms with Gasteiger partial charge in [0.25, 0.3) is 0 Å². The normalized spacial score (nSPS) is 10.5. The second-order valence-electron chi connectivity index (χ2n) is 3.74. The molecular weight excluding hydrogens is 221 g/mol. The van der Waals surface area contributed by atoms with Crippen LogP contribution in [0, 0.1) is 5.82 Å². The van der Waals surface area contributed by atoms with Gasteiger partial charge in [0.2, 0.25) is 0 Å². The second kappa shape index (κ2) is 4.97. The van der Waals surface area contributed by atoms with Crippen molar-refractivity contribution < 1.29 is 9.13 Å². The van der Waals surface area contributed by atoms with Gasteiger partial charge in [-0.2, -0.15) is 5.10 Å². The minimum Gasteiger partial charge on any atom is -0.454 e. The van der Waals surface area contributed by atoms with Crippen molar-refractivity contribution in [2.75, 3.05) is 6.54 Å². The number of aryl methyl sites for hydroxylation is 1. The first-order chi connectivity index (χ1) is 8.19. The van der Waals surface area contributed by atoms with Crippen molar-refractivity contribution in [2.45, 2.75) is 6.42 Å². The minimum absolute atomic E-state index is 0.285. The Hall–Kier alpha value is -1.88. The summed E-state index contributed by atoms with van der Waals surface area (Å²) < 4.78 is 20.4. The summed E-state index contributed by atoms with van der Waals surface area (Å²) in [6, 6.07) is 4.41. The van der Waals surface area contributed by atoms with Gasteiger partial charge in [-0.05, 0) is 36.7 Å². The Morgan fingerprint density at radius 2 is 2.29 bits per heavy atom. The van der Waals surface area contributed by atoms with Crippen LogP contribution in [-0.2, 0) is 13.5 Å². The van der Waals surface area contributed by atoms with Gasteiger partial charge in [-0.25, -0.2) is 4.39 Å². The van der Waals surface area contributed by atoms with Crippen molar-refractivity contribution in [3.05, 3.63) is 42.0 Å². The number of aromatic nitrogens is 2. The van der Waals surface area contributed by atoms with Crippen LogP contribution in [0.15, 0.2) is 30.6 Å². The maximum absolute atomic E-state index is 13.1. The van der Waals surface area contributed by atoms with Crippen LogP contribution in [0.1, 0.15) is 5.56 Å². The van der Waals surface area contributed by atoms with Crippen LogP contribution >= 0.6 is 0 Å². The van der Waals surface area contributed by atoms with E-state index in [1.54, 1.807) is 30.2 Å². The Morgan fingerprint density at radius 1 is 1.47 bits per heavy atom. The fourth-order valence-corrected chi connectivity index (χ4v) is 1.58. The lowest BCUT2D eigenvalue weighted by molar-refractivity contribution is 0.473. The summed E-state index contributed by atoms with van der Waals surface area (Å²) in [4.78, 5) is 0. The Balaban J connectivity index is 2.25. The molecule has 0 aliphatic heterocycles. The van der Waals surface area contributed by atoms with E-state index in [1.165, 1.54) is 12.1 Å². The summed E-state index contributed by atoms with van der Waals surface area (Å²) >= 11 is 0. The summed E-state index contributed by atoms with van der Waals surface area (Å²) in [6.45, 7) is 0.451. The van der Waals surface area contributed by atoms with Crippen molar-refractivity contribution in [3.63, 3.8) is 0 Å². The Kier molecular flexibility index (Phi) is 3.39. The van der Waals surface area contributed by atoms with E-state index in [4.69, 9.17) is 10.5 Å². The number of nitrogens with zero attached hydrogens (tertiary/aromatic N) is 2. The molecular formula is C12H14FN3O. The van der Waals surface area contributed by atoms with Gasteiger partial charge in [-0.3, -0.25) is 4.68 Å². The Labute approximate surface area is 98.8 Å². The zero-order valence-corrected chi connectivity index (χ0v) is 9.56. The van der Waals surface area contributed by atoms with Gasteiger partial charge in [0.05, 0.1) is 12.4 Å². The smallest absolute Gasteiger partial charge is 0.165 e. The monoisotopic (exact) mass is 235 g/mol. The largest absolute Gasteiger partial charge is 0.454 e. The highest BCUT2D eigenvalue weighted by Crippen LogP contribution is 2.25. The van der Waals surface area contributed by atoms with Gasteiger partial charge in [-0.1, -0.05) is 0 Å². The molecule has 0 saturated carbocycles. The van der Waals surface area contributed by atoms with Crippen LogP contribution in [-0.4, -0.2) is 16.3 Å². The summed E-state index contributed by atoms with van der Waals surface area (Å²) in [5.74, 6) is 0.953. The van der Waals surface area contributed by atoms with E-state index >= 15 is 0 Å². The molecule has 4 nitrogen and oxygen atoms in total. The van der Waals surface area contributed by atoms with Crippen LogP contribution in [0.4, 0.5) is 4.39 Å². The summed E-state index contributed by atoms with van der Waals surface area (Å²) in [5.41, 5.74) is 6.24. The van der Waals surface area contributed by atoms with E-state index in [0.29, 0.717) is 24.5 Å². The van der Waals surface area contributed by atoms with E-state index in [1.807, 2.05) is 0 Å². The molecule has 1 heterocycles. The van der Waals surface area contributed by atoms with E-state index in [-0.39, 0.29) is 5.82 Å². The number of rotatable bonds is 4. The number of nitrogens with two attached hydrogens (primary N) is 1. The van der Waals surface area contributed by atoms with Crippen molar-refractivity contribution in [1.29, 1.82) is 0 Å². The molecule has 2 N–H and O–H groups in total. The fourth-order valence-electron chi connectivity index (χ4n) is 1.58. The topological polar surface area (TPSA) is 53.1 Å². The fraction of sp³-hybridized carbons (Fsp3) is 0.250. The lowest BCUT2D eigenvalue weighted by atomic mass is 10.1. The third-order valence-electron chi connectivity index (χ3n) is 2.35. The molecule has 0 radical (unpaired) electrons. The first kappa shape index (κ1) is 11.6. The van der Waals surface area contributed by atoms with E-state index in [2.05, 4.69) is 5.10 Å². The van der Waals surface area contributed by atoms with Crippen molar-refractivity contribution in [3.8, 4) is 11.5 Å². The molecule has 0 aliphatic carbocycles. The third-order valence-corrected chi connectivity index (χ3v) is 2.35. The maximum Gasteiger partial charge on any atom is 0.165 e. The first-order valence-corrected chi connectivity index (χ1v) is 5.34. The van der Waals surface area contributed by atoms with Crippen molar-refractivity contribution in [1.82, 2.24) is 9.78 Å². The van der Waals surface area contributed by atoms with Gasteiger partial charge in [0.1, 0.15) is 11.6 Å². The van der Waals surface area contributed by atoms with Crippen LogP contribution < -0.4 is 10.5 Å². The lowest BCUT2D eigenvalue weighted by Gasteiger charge is -2.08. The summed E-state index contributed by atoms with van der Waals surface area (Å²) in [7, 11) is 1.80. The predicted octanol–water partition coefficient (Wildman–Crippen LogP) is 1.85. The molecule has 1 aromatic carbocycles. The Bertz CT molecular complexity index is 510. The molecule has 0 saturated heterocycles. The zero-order chi connectivity index (χ0) is 12.3. The molecule has 1 aromatic heterocycles. The highest BCUT2D eigenvalue weighted by molar-refractivity contribution is 5.37. The van der Waals surface area contributed by atoms with Gasteiger partial charge in [0.15, 0.2) is 5.75 Å². The van der Waals surface area contributed by atoms with E-state index in [0.717, 1.165) is 5.56 Å². The SMILES string of the molecule is Cn1cc(Oc2ccc(F)cc2CCN)cn1. The number of halogens is 1. The molecule has 0 bridgehead atoms. The quantitative estimate of drug-likeness (QED) is 0.879. The van der Waals surface area contributed by atoms with Gasteiger partial charge in [-0.15, -0.1) is 0 Å². The molecule has 0 spiro atoms. The highest BCUT2D eigenvalue weighted by Gasteiger charge is 2.07. The second-order valence-corrected chi connectivity index (χ2v) is 3.74. The van der Waals surface area contributed by atoms with E-state index < -0.39 is 0 Å². The van der Waals surface area contributed by atoms with Crippen LogP contribution in [0.3, 0.4) is 0 Å². The van der Waals surface area contributed by atoms with Crippen molar-refractivity contribution in [2.24, 2.45) is 12.8 Å². The summed E-state index contributed by atoms with van der Waals surface area (Å²) in [6.07, 6.45) is 3.93.